The fraction of sp³-hybridized carbons (Fsp3) is 0.150. The van der Waals surface area contributed by atoms with E-state index in [2.05, 4.69) is 25.1 Å². The van der Waals surface area contributed by atoms with Gasteiger partial charge < -0.3 is 15.2 Å². The van der Waals surface area contributed by atoms with Gasteiger partial charge in [0.15, 0.2) is 11.6 Å². The highest BCUT2D eigenvalue weighted by Gasteiger charge is 2.18. The summed E-state index contributed by atoms with van der Waals surface area (Å²) in [5.41, 5.74) is 8.47. The van der Waals surface area contributed by atoms with E-state index in [0.717, 1.165) is 0 Å². The minimum atomic E-state index is -0.574. The topological polar surface area (TPSA) is 114 Å². The summed E-state index contributed by atoms with van der Waals surface area (Å²) >= 11 is 0. The number of ether oxygens (including phenoxy) is 2. The van der Waals surface area contributed by atoms with E-state index in [0.29, 0.717) is 34.0 Å². The molecule has 152 valence electrons. The van der Waals surface area contributed by atoms with Crippen molar-refractivity contribution in [3.05, 3.63) is 66.8 Å². The lowest BCUT2D eigenvalue weighted by atomic mass is 10.1. The SMILES string of the molecule is COc1ncncc1-c1cnc(N)c(O[C@H](C)c2cc(F)ccc2-n2nccn2)c1. The van der Waals surface area contributed by atoms with Gasteiger partial charge in [-0.25, -0.2) is 19.3 Å². The number of nitrogens with zero attached hydrogens (tertiary/aromatic N) is 6. The second-order valence-electron chi connectivity index (χ2n) is 6.33. The summed E-state index contributed by atoms with van der Waals surface area (Å²) in [7, 11) is 1.52. The number of benzene rings is 1. The molecule has 0 saturated heterocycles. The van der Waals surface area contributed by atoms with E-state index in [4.69, 9.17) is 15.2 Å². The molecule has 0 amide bonds. The first-order chi connectivity index (χ1) is 14.6. The van der Waals surface area contributed by atoms with Gasteiger partial charge >= 0.3 is 0 Å². The van der Waals surface area contributed by atoms with Crippen LogP contribution in [0, 0.1) is 5.82 Å². The van der Waals surface area contributed by atoms with Crippen LogP contribution in [0.4, 0.5) is 10.2 Å². The Labute approximate surface area is 171 Å². The highest BCUT2D eigenvalue weighted by Crippen LogP contribution is 2.34. The zero-order valence-electron chi connectivity index (χ0n) is 16.2. The number of nitrogen functional groups attached to an aromatic ring is 1. The number of hydrogen-bond donors (Lipinski definition) is 1. The molecular formula is C20H18FN7O2. The van der Waals surface area contributed by atoms with Gasteiger partial charge in [-0.2, -0.15) is 15.0 Å². The Morgan fingerprint density at radius 3 is 2.67 bits per heavy atom. The monoisotopic (exact) mass is 407 g/mol. The summed E-state index contributed by atoms with van der Waals surface area (Å²) < 4.78 is 25.3. The van der Waals surface area contributed by atoms with Gasteiger partial charge in [0, 0.05) is 23.5 Å². The molecular weight excluding hydrogens is 389 g/mol. The van der Waals surface area contributed by atoms with E-state index in [1.165, 1.54) is 30.4 Å². The van der Waals surface area contributed by atoms with Crippen molar-refractivity contribution in [1.29, 1.82) is 0 Å². The molecule has 0 fully saturated rings. The standard InChI is InChI=1S/C20H18FN7O2/c1-12(15-8-14(21)3-4-17(15)28-26-5-6-27-28)30-18-7-13(9-24-19(18)22)16-10-23-11-25-20(16)29-2/h3-12H,1-2H3,(H2,22,24)/t12-/m1/s1. The van der Waals surface area contributed by atoms with Crippen LogP contribution >= 0.6 is 0 Å². The molecule has 0 radical (unpaired) electrons. The number of hydrogen-bond acceptors (Lipinski definition) is 8. The van der Waals surface area contributed by atoms with Crippen LogP contribution in [0.15, 0.2) is 55.4 Å². The third-order valence-electron chi connectivity index (χ3n) is 4.43. The molecule has 4 aromatic rings. The van der Waals surface area contributed by atoms with Crippen molar-refractivity contribution in [3.8, 4) is 28.4 Å². The lowest BCUT2D eigenvalue weighted by molar-refractivity contribution is 0.226. The molecule has 4 rings (SSSR count). The molecule has 0 aliphatic rings. The first-order valence-corrected chi connectivity index (χ1v) is 8.99. The molecule has 0 saturated carbocycles. The van der Waals surface area contributed by atoms with Gasteiger partial charge in [-0.1, -0.05) is 0 Å². The second kappa shape index (κ2) is 8.11. The Morgan fingerprint density at radius 2 is 1.90 bits per heavy atom. The number of rotatable bonds is 6. The Morgan fingerprint density at radius 1 is 1.10 bits per heavy atom. The van der Waals surface area contributed by atoms with E-state index in [9.17, 15) is 4.39 Å². The summed E-state index contributed by atoms with van der Waals surface area (Å²) in [5, 5.41) is 8.24. The smallest absolute Gasteiger partial charge is 0.224 e. The van der Waals surface area contributed by atoms with E-state index in [1.54, 1.807) is 43.8 Å². The van der Waals surface area contributed by atoms with Crippen molar-refractivity contribution in [2.45, 2.75) is 13.0 Å². The molecule has 0 unspecified atom stereocenters. The average molecular weight is 407 g/mol. The molecule has 1 atom stereocenters. The van der Waals surface area contributed by atoms with E-state index >= 15 is 0 Å². The molecule has 30 heavy (non-hydrogen) atoms. The maximum Gasteiger partial charge on any atom is 0.224 e. The maximum atomic E-state index is 14.0. The van der Waals surface area contributed by atoms with E-state index < -0.39 is 11.9 Å². The predicted molar refractivity (Wildman–Crippen MR) is 107 cm³/mol. The van der Waals surface area contributed by atoms with Crippen LogP contribution in [-0.2, 0) is 0 Å². The van der Waals surface area contributed by atoms with Crippen LogP contribution in [0.1, 0.15) is 18.6 Å². The highest BCUT2D eigenvalue weighted by molar-refractivity contribution is 5.70. The number of methoxy groups -OCH3 is 1. The van der Waals surface area contributed by atoms with Gasteiger partial charge in [0.2, 0.25) is 5.88 Å². The van der Waals surface area contributed by atoms with Crippen molar-refractivity contribution in [2.75, 3.05) is 12.8 Å². The minimum absolute atomic E-state index is 0.191. The lowest BCUT2D eigenvalue weighted by Crippen LogP contribution is -2.11. The lowest BCUT2D eigenvalue weighted by Gasteiger charge is -2.19. The molecule has 1 aromatic carbocycles. The number of aromatic nitrogens is 6. The second-order valence-corrected chi connectivity index (χ2v) is 6.33. The summed E-state index contributed by atoms with van der Waals surface area (Å²) in [6, 6.07) is 6.03. The van der Waals surface area contributed by atoms with Crippen molar-refractivity contribution < 1.29 is 13.9 Å². The zero-order chi connectivity index (χ0) is 21.1. The van der Waals surface area contributed by atoms with Crippen LogP contribution in [0.2, 0.25) is 0 Å². The number of nitrogens with two attached hydrogens (primary N) is 1. The minimum Gasteiger partial charge on any atom is -0.482 e. The Hall–Kier alpha value is -4.08. The summed E-state index contributed by atoms with van der Waals surface area (Å²) in [5.74, 6) is 0.515. The first-order valence-electron chi connectivity index (χ1n) is 8.99. The Kier molecular flexibility index (Phi) is 5.21. The maximum absolute atomic E-state index is 14.0. The highest BCUT2D eigenvalue weighted by atomic mass is 19.1. The molecule has 0 aliphatic heterocycles. The van der Waals surface area contributed by atoms with Crippen molar-refractivity contribution in [3.63, 3.8) is 0 Å². The van der Waals surface area contributed by atoms with Crippen LogP contribution in [0.25, 0.3) is 16.8 Å². The van der Waals surface area contributed by atoms with Crippen molar-refractivity contribution in [2.24, 2.45) is 0 Å². The predicted octanol–water partition coefficient (Wildman–Crippen LogP) is 2.99. The number of pyridine rings is 1. The van der Waals surface area contributed by atoms with Crippen LogP contribution < -0.4 is 15.2 Å². The normalized spacial score (nSPS) is 11.8. The molecule has 0 aliphatic carbocycles. The summed E-state index contributed by atoms with van der Waals surface area (Å²) in [4.78, 5) is 13.7. The van der Waals surface area contributed by atoms with Crippen molar-refractivity contribution in [1.82, 2.24) is 29.9 Å². The molecule has 0 spiro atoms. The Bertz CT molecular complexity index is 1170. The van der Waals surface area contributed by atoms with E-state index in [-0.39, 0.29) is 5.82 Å². The summed E-state index contributed by atoms with van der Waals surface area (Å²) in [6.07, 6.45) is 7.09. The third kappa shape index (κ3) is 3.75. The number of halogens is 1. The number of anilines is 1. The summed E-state index contributed by atoms with van der Waals surface area (Å²) in [6.45, 7) is 1.78. The van der Waals surface area contributed by atoms with Crippen LogP contribution in [0.5, 0.6) is 11.6 Å². The molecule has 10 heteroatoms. The van der Waals surface area contributed by atoms with Gasteiger partial charge in [-0.15, -0.1) is 0 Å². The molecule has 9 nitrogen and oxygen atoms in total. The molecule has 3 heterocycles. The average Bonchev–Trinajstić information content (AvgIpc) is 3.30. The fourth-order valence-electron chi connectivity index (χ4n) is 3.00. The molecule has 2 N–H and O–H groups in total. The van der Waals surface area contributed by atoms with E-state index in [1.807, 2.05) is 0 Å². The quantitative estimate of drug-likeness (QED) is 0.519. The van der Waals surface area contributed by atoms with Crippen molar-refractivity contribution >= 4 is 5.82 Å². The van der Waals surface area contributed by atoms with Gasteiger partial charge in [0.25, 0.3) is 0 Å². The van der Waals surface area contributed by atoms with Crippen LogP contribution in [0.3, 0.4) is 0 Å². The first kappa shape index (κ1) is 19.2. The van der Waals surface area contributed by atoms with Gasteiger partial charge in [-0.05, 0) is 31.2 Å². The largest absolute Gasteiger partial charge is 0.482 e. The third-order valence-corrected chi connectivity index (χ3v) is 4.43. The van der Waals surface area contributed by atoms with Gasteiger partial charge in [0.1, 0.15) is 18.2 Å². The zero-order valence-corrected chi connectivity index (χ0v) is 16.2. The van der Waals surface area contributed by atoms with Gasteiger partial charge in [0.05, 0.1) is 30.8 Å². The van der Waals surface area contributed by atoms with Crippen LogP contribution in [-0.4, -0.2) is 37.1 Å². The molecule has 0 bridgehead atoms. The Balaban J connectivity index is 1.69. The van der Waals surface area contributed by atoms with Gasteiger partial charge in [-0.3, -0.25) is 0 Å². The fourth-order valence-corrected chi connectivity index (χ4v) is 3.00. The molecule has 3 aromatic heterocycles.